The van der Waals surface area contributed by atoms with Gasteiger partial charge in [0.15, 0.2) is 6.54 Å². The van der Waals surface area contributed by atoms with E-state index in [1.807, 2.05) is 40.9 Å². The van der Waals surface area contributed by atoms with Crippen molar-refractivity contribution in [1.82, 2.24) is 0 Å². The van der Waals surface area contributed by atoms with Crippen molar-refractivity contribution in [2.24, 2.45) is 0 Å². The van der Waals surface area contributed by atoms with Crippen LogP contribution in [-0.2, 0) is 11.3 Å². The van der Waals surface area contributed by atoms with Gasteiger partial charge in [0.1, 0.15) is 12.3 Å². The lowest BCUT2D eigenvalue weighted by Crippen LogP contribution is -3.09. The molecule has 0 radical (unpaired) electrons. The Morgan fingerprint density at radius 3 is 2.69 bits per heavy atom. The molecule has 0 saturated heterocycles. The summed E-state index contributed by atoms with van der Waals surface area (Å²) in [6, 6.07) is 16.3. The van der Waals surface area contributed by atoms with Crippen LogP contribution < -0.4 is 14.5 Å². The van der Waals surface area contributed by atoms with Gasteiger partial charge in [-0.25, -0.2) is 0 Å². The van der Waals surface area contributed by atoms with Crippen molar-refractivity contribution in [3.8, 4) is 5.75 Å². The highest BCUT2D eigenvalue weighted by molar-refractivity contribution is 8.00. The highest BCUT2D eigenvalue weighted by atomic mass is 32.2. The smallest absolute Gasteiger partial charge is 0.282 e. The molecule has 4 nitrogen and oxygen atoms in total. The van der Waals surface area contributed by atoms with Gasteiger partial charge in [0.05, 0.1) is 19.8 Å². The number of anilines is 1. The zero-order valence-corrected chi connectivity index (χ0v) is 16.5. The molecule has 138 valence electrons. The fourth-order valence-electron chi connectivity index (χ4n) is 3.25. The first kappa shape index (κ1) is 18.8. The third-order valence-electron chi connectivity index (χ3n) is 4.66. The Kier molecular flexibility index (Phi) is 6.22. The van der Waals surface area contributed by atoms with Crippen LogP contribution in [-0.4, -0.2) is 38.4 Å². The molecular weight excluding hydrogens is 344 g/mol. The number of carbonyl (C=O) groups is 1. The standard InChI is InChI=1S/C21H26N2O2S/c1-16-12-13-23(19-6-4-5-7-20(19)26-16)21(24)15-22(2)14-17-8-10-18(25-3)11-9-17/h4-11,16H,12-15H2,1-3H3/p+1/t16-/m1/s1. The third kappa shape index (κ3) is 4.59. The van der Waals surface area contributed by atoms with Crippen molar-refractivity contribution < 1.29 is 14.4 Å². The lowest BCUT2D eigenvalue weighted by atomic mass is 10.2. The predicted molar refractivity (Wildman–Crippen MR) is 107 cm³/mol. The van der Waals surface area contributed by atoms with E-state index in [1.165, 1.54) is 15.4 Å². The number of ether oxygens (including phenoxy) is 1. The Morgan fingerprint density at radius 2 is 1.96 bits per heavy atom. The van der Waals surface area contributed by atoms with Crippen LogP contribution in [0.2, 0.25) is 0 Å². The molecule has 5 heteroatoms. The Hall–Kier alpha value is -1.98. The zero-order chi connectivity index (χ0) is 18.5. The molecule has 1 unspecified atom stereocenters. The number of likely N-dealkylation sites (N-methyl/N-ethyl adjacent to an activating group) is 1. The molecule has 0 spiro atoms. The number of thioether (sulfide) groups is 1. The molecule has 2 aromatic carbocycles. The second-order valence-corrected chi connectivity index (χ2v) is 8.37. The molecule has 1 amide bonds. The van der Waals surface area contributed by atoms with Gasteiger partial charge in [-0.2, -0.15) is 0 Å². The number of hydrogen-bond donors (Lipinski definition) is 1. The number of rotatable bonds is 5. The number of fused-ring (bicyclic) bond motifs is 1. The van der Waals surface area contributed by atoms with Crippen LogP contribution in [0, 0.1) is 0 Å². The number of amides is 1. The van der Waals surface area contributed by atoms with Gasteiger partial charge < -0.3 is 14.5 Å². The van der Waals surface area contributed by atoms with E-state index in [-0.39, 0.29) is 5.91 Å². The Balaban J connectivity index is 1.66. The van der Waals surface area contributed by atoms with Crippen molar-refractivity contribution in [1.29, 1.82) is 0 Å². The van der Waals surface area contributed by atoms with Gasteiger partial charge in [0.25, 0.3) is 5.91 Å². The van der Waals surface area contributed by atoms with E-state index in [0.717, 1.165) is 30.9 Å². The fraction of sp³-hybridized carbons (Fsp3) is 0.381. The number of benzene rings is 2. The first-order chi connectivity index (χ1) is 12.6. The molecule has 0 aromatic heterocycles. The normalized spacial score (nSPS) is 18.0. The van der Waals surface area contributed by atoms with E-state index in [9.17, 15) is 4.79 Å². The topological polar surface area (TPSA) is 34.0 Å². The van der Waals surface area contributed by atoms with Crippen LogP contribution in [0.3, 0.4) is 0 Å². The summed E-state index contributed by atoms with van der Waals surface area (Å²) in [7, 11) is 3.74. The molecular formula is C21H27N2O2S+. The first-order valence-corrected chi connectivity index (χ1v) is 9.95. The quantitative estimate of drug-likeness (QED) is 0.877. The summed E-state index contributed by atoms with van der Waals surface area (Å²) in [5.41, 5.74) is 2.26. The second-order valence-electron chi connectivity index (χ2n) is 6.89. The minimum Gasteiger partial charge on any atom is -0.497 e. The SMILES string of the molecule is COc1ccc(C[NH+](C)CC(=O)N2CC[C@@H](C)Sc3ccccc32)cc1. The number of hydrogen-bond acceptors (Lipinski definition) is 3. The molecule has 0 saturated carbocycles. The van der Waals surface area contributed by atoms with Crippen LogP contribution in [0.5, 0.6) is 5.75 Å². The molecule has 1 aliphatic rings. The molecule has 26 heavy (non-hydrogen) atoms. The van der Waals surface area contributed by atoms with E-state index in [2.05, 4.69) is 38.2 Å². The summed E-state index contributed by atoms with van der Waals surface area (Å²) in [6.07, 6.45) is 1.02. The summed E-state index contributed by atoms with van der Waals surface area (Å²) in [5, 5.41) is 0.526. The maximum atomic E-state index is 13.0. The lowest BCUT2D eigenvalue weighted by Gasteiger charge is -2.24. The maximum absolute atomic E-state index is 13.0. The Morgan fingerprint density at radius 1 is 1.23 bits per heavy atom. The van der Waals surface area contributed by atoms with Gasteiger partial charge in [-0.3, -0.25) is 4.79 Å². The molecule has 1 N–H and O–H groups in total. The van der Waals surface area contributed by atoms with Gasteiger partial charge in [0, 0.05) is 22.3 Å². The van der Waals surface area contributed by atoms with Gasteiger partial charge >= 0.3 is 0 Å². The summed E-state index contributed by atoms with van der Waals surface area (Å²) in [5.74, 6) is 1.05. The Labute approximate surface area is 160 Å². The first-order valence-electron chi connectivity index (χ1n) is 9.07. The minimum absolute atomic E-state index is 0.193. The van der Waals surface area contributed by atoms with E-state index in [4.69, 9.17) is 4.74 Å². The highest BCUT2D eigenvalue weighted by Gasteiger charge is 2.25. The van der Waals surface area contributed by atoms with Crippen LogP contribution in [0.15, 0.2) is 53.4 Å². The van der Waals surface area contributed by atoms with E-state index < -0.39 is 0 Å². The molecule has 0 fully saturated rings. The molecule has 1 heterocycles. The van der Waals surface area contributed by atoms with Crippen LogP contribution in [0.4, 0.5) is 5.69 Å². The zero-order valence-electron chi connectivity index (χ0n) is 15.7. The predicted octanol–water partition coefficient (Wildman–Crippen LogP) is 2.63. The van der Waals surface area contributed by atoms with Crippen LogP contribution in [0.1, 0.15) is 18.9 Å². The molecule has 2 aromatic rings. The molecule has 1 aliphatic heterocycles. The van der Waals surface area contributed by atoms with Crippen LogP contribution >= 0.6 is 11.8 Å². The number of carbonyl (C=O) groups excluding carboxylic acids is 1. The maximum Gasteiger partial charge on any atom is 0.282 e. The third-order valence-corrected chi connectivity index (χ3v) is 5.90. The fourth-order valence-corrected chi connectivity index (χ4v) is 4.37. The number of para-hydroxylation sites is 1. The monoisotopic (exact) mass is 371 g/mol. The summed E-state index contributed by atoms with van der Waals surface area (Å²) in [6.45, 7) is 4.33. The molecule has 0 bridgehead atoms. The second kappa shape index (κ2) is 8.60. The van der Waals surface area contributed by atoms with E-state index in [1.54, 1.807) is 7.11 Å². The van der Waals surface area contributed by atoms with Crippen molar-refractivity contribution in [2.45, 2.75) is 30.0 Å². The van der Waals surface area contributed by atoms with Crippen molar-refractivity contribution >= 4 is 23.4 Å². The summed E-state index contributed by atoms with van der Waals surface area (Å²) < 4.78 is 5.20. The number of methoxy groups -OCH3 is 1. The van der Waals surface area contributed by atoms with Crippen molar-refractivity contribution in [3.05, 3.63) is 54.1 Å². The Bertz CT molecular complexity index is 748. The average molecular weight is 372 g/mol. The molecule has 3 rings (SSSR count). The number of quaternary nitrogens is 1. The number of nitrogens with one attached hydrogen (secondary N) is 1. The lowest BCUT2D eigenvalue weighted by molar-refractivity contribution is -0.885. The van der Waals surface area contributed by atoms with Gasteiger partial charge in [-0.15, -0.1) is 11.8 Å². The minimum atomic E-state index is 0.193. The van der Waals surface area contributed by atoms with Gasteiger partial charge in [-0.05, 0) is 42.8 Å². The van der Waals surface area contributed by atoms with Gasteiger partial charge in [0.2, 0.25) is 0 Å². The van der Waals surface area contributed by atoms with Crippen LogP contribution in [0.25, 0.3) is 0 Å². The number of nitrogens with zero attached hydrogens (tertiary/aromatic N) is 1. The summed E-state index contributed by atoms with van der Waals surface area (Å²) >= 11 is 1.87. The highest BCUT2D eigenvalue weighted by Crippen LogP contribution is 2.37. The van der Waals surface area contributed by atoms with Gasteiger partial charge in [-0.1, -0.05) is 19.1 Å². The van der Waals surface area contributed by atoms with Crippen molar-refractivity contribution in [2.75, 3.05) is 32.1 Å². The van der Waals surface area contributed by atoms with E-state index >= 15 is 0 Å². The van der Waals surface area contributed by atoms with Crippen molar-refractivity contribution in [3.63, 3.8) is 0 Å². The van der Waals surface area contributed by atoms with E-state index in [0.29, 0.717) is 11.8 Å². The average Bonchev–Trinajstić information content (AvgIpc) is 2.80. The summed E-state index contributed by atoms with van der Waals surface area (Å²) in [4.78, 5) is 17.4. The molecule has 2 atom stereocenters. The largest absolute Gasteiger partial charge is 0.497 e. The molecule has 0 aliphatic carbocycles.